The number of rotatable bonds is 8. The molecule has 3 amide bonds. The third-order valence-electron chi connectivity index (χ3n) is 7.20. The van der Waals surface area contributed by atoms with Crippen molar-refractivity contribution in [1.82, 2.24) is 9.47 Å². The van der Waals surface area contributed by atoms with Crippen LogP contribution in [-0.2, 0) is 4.79 Å². The van der Waals surface area contributed by atoms with Crippen LogP contribution >= 0.6 is 0 Å². The van der Waals surface area contributed by atoms with Gasteiger partial charge in [0.1, 0.15) is 18.3 Å². The maximum absolute atomic E-state index is 14.3. The summed E-state index contributed by atoms with van der Waals surface area (Å²) in [6.07, 6.45) is 3.74. The minimum atomic E-state index is -0.360. The first-order valence-electron chi connectivity index (χ1n) is 13.4. The molecule has 5 rings (SSSR count). The molecule has 1 aliphatic heterocycles. The molecule has 7 heteroatoms. The average Bonchev–Trinajstić information content (AvgIpc) is 3.46. The number of hydrogen-bond acceptors (Lipinski definition) is 3. The maximum Gasteiger partial charge on any atom is 0.322 e. The van der Waals surface area contributed by atoms with E-state index in [1.807, 2.05) is 103 Å². The highest BCUT2D eigenvalue weighted by Crippen LogP contribution is 2.42. The van der Waals surface area contributed by atoms with Crippen LogP contribution in [0.25, 0.3) is 5.69 Å². The molecule has 0 bridgehead atoms. The summed E-state index contributed by atoms with van der Waals surface area (Å²) < 4.78 is 7.51. The number of aryl methyl sites for hydroxylation is 1. The Labute approximate surface area is 229 Å². The SMILES string of the molecule is CCCCN(CC(=O)N1c2ccccc2-n2cccc2C1c1ccc(OC)cc1)C(=O)Nc1ccccc1C. The number of methoxy groups -OCH3 is 1. The van der Waals surface area contributed by atoms with Gasteiger partial charge in [-0.25, -0.2) is 4.79 Å². The second-order valence-corrected chi connectivity index (χ2v) is 9.75. The van der Waals surface area contributed by atoms with Gasteiger partial charge in [-0.2, -0.15) is 0 Å². The lowest BCUT2D eigenvalue weighted by Gasteiger charge is -2.39. The molecule has 0 aliphatic carbocycles. The van der Waals surface area contributed by atoms with Crippen molar-refractivity contribution in [1.29, 1.82) is 0 Å². The van der Waals surface area contributed by atoms with E-state index in [4.69, 9.17) is 4.74 Å². The summed E-state index contributed by atoms with van der Waals surface area (Å²) in [7, 11) is 1.64. The van der Waals surface area contributed by atoms with Crippen molar-refractivity contribution in [2.75, 3.05) is 30.4 Å². The summed E-state index contributed by atoms with van der Waals surface area (Å²) >= 11 is 0. The lowest BCUT2D eigenvalue weighted by atomic mass is 9.97. The van der Waals surface area contributed by atoms with Crippen LogP contribution in [0.4, 0.5) is 16.2 Å². The van der Waals surface area contributed by atoms with Gasteiger partial charge in [0.2, 0.25) is 5.91 Å². The second kappa shape index (κ2) is 11.5. The van der Waals surface area contributed by atoms with Crippen molar-refractivity contribution >= 4 is 23.3 Å². The van der Waals surface area contributed by atoms with Crippen molar-refractivity contribution in [3.63, 3.8) is 0 Å². The van der Waals surface area contributed by atoms with Crippen LogP contribution in [0.2, 0.25) is 0 Å². The number of anilines is 2. The molecule has 0 fully saturated rings. The number of carbonyl (C=O) groups is 2. The van der Waals surface area contributed by atoms with E-state index in [9.17, 15) is 9.59 Å². The number of carbonyl (C=O) groups excluding carboxylic acids is 2. The van der Waals surface area contributed by atoms with Gasteiger partial charge in [0, 0.05) is 18.4 Å². The zero-order valence-corrected chi connectivity index (χ0v) is 22.6. The highest BCUT2D eigenvalue weighted by Gasteiger charge is 2.37. The molecule has 0 saturated carbocycles. The van der Waals surface area contributed by atoms with Gasteiger partial charge < -0.3 is 19.5 Å². The van der Waals surface area contributed by atoms with E-state index >= 15 is 0 Å². The molecule has 7 nitrogen and oxygen atoms in total. The van der Waals surface area contributed by atoms with Crippen LogP contribution in [0.3, 0.4) is 0 Å². The molecule has 0 saturated heterocycles. The fourth-order valence-electron chi connectivity index (χ4n) is 5.11. The smallest absolute Gasteiger partial charge is 0.322 e. The highest BCUT2D eigenvalue weighted by atomic mass is 16.5. The summed E-state index contributed by atoms with van der Waals surface area (Å²) in [5.41, 5.74) is 5.40. The summed E-state index contributed by atoms with van der Waals surface area (Å²) in [5, 5.41) is 3.01. The van der Waals surface area contributed by atoms with Crippen molar-refractivity contribution in [2.24, 2.45) is 0 Å². The van der Waals surface area contributed by atoms with E-state index in [1.165, 1.54) is 0 Å². The maximum atomic E-state index is 14.3. The number of para-hydroxylation sites is 3. The minimum absolute atomic E-state index is 0.0422. The number of benzene rings is 3. The second-order valence-electron chi connectivity index (χ2n) is 9.75. The Bertz CT molecular complexity index is 1460. The molecule has 2 heterocycles. The van der Waals surface area contributed by atoms with Gasteiger partial charge in [-0.05, 0) is 66.9 Å². The first-order valence-corrected chi connectivity index (χ1v) is 13.4. The topological polar surface area (TPSA) is 66.8 Å². The molecule has 1 aromatic heterocycles. The normalized spacial score (nSPS) is 13.8. The Hall–Kier alpha value is -4.52. The van der Waals surface area contributed by atoms with Crippen molar-refractivity contribution in [2.45, 2.75) is 32.7 Å². The van der Waals surface area contributed by atoms with Gasteiger partial charge in [0.25, 0.3) is 0 Å². The number of urea groups is 1. The predicted octanol–water partition coefficient (Wildman–Crippen LogP) is 6.56. The number of fused-ring (bicyclic) bond motifs is 3. The molecular weight excluding hydrogens is 488 g/mol. The molecule has 0 spiro atoms. The third-order valence-corrected chi connectivity index (χ3v) is 7.20. The van der Waals surface area contributed by atoms with E-state index in [2.05, 4.69) is 16.8 Å². The Morgan fingerprint density at radius 3 is 2.36 bits per heavy atom. The molecule has 39 heavy (non-hydrogen) atoms. The fraction of sp³-hybridized carbons (Fsp3) is 0.250. The fourth-order valence-corrected chi connectivity index (χ4v) is 5.11. The van der Waals surface area contributed by atoms with E-state index in [-0.39, 0.29) is 24.5 Å². The summed E-state index contributed by atoms with van der Waals surface area (Å²) in [6.45, 7) is 4.48. The standard InChI is InChI=1S/C32H34N4O3/c1-4-5-20-34(32(38)33-26-12-7-6-11-23(26)2)22-30(37)36-28-14-9-8-13-27(28)35-21-10-15-29(35)31(36)24-16-18-25(39-3)19-17-24/h6-19,21,31H,4-5,20,22H2,1-3H3,(H,33,38). The average molecular weight is 523 g/mol. The van der Waals surface area contributed by atoms with Crippen molar-refractivity contribution < 1.29 is 14.3 Å². The van der Waals surface area contributed by atoms with E-state index in [0.717, 1.165) is 52.5 Å². The molecule has 1 N–H and O–H groups in total. The molecule has 0 radical (unpaired) electrons. The number of ether oxygens (including phenoxy) is 1. The number of unbranched alkanes of at least 4 members (excludes halogenated alkanes) is 1. The predicted molar refractivity (Wildman–Crippen MR) is 155 cm³/mol. The van der Waals surface area contributed by atoms with Gasteiger partial charge in [-0.15, -0.1) is 0 Å². The highest BCUT2D eigenvalue weighted by molar-refractivity contribution is 6.01. The summed E-state index contributed by atoms with van der Waals surface area (Å²) in [5.74, 6) is 0.605. The number of amides is 3. The number of aromatic nitrogens is 1. The zero-order valence-electron chi connectivity index (χ0n) is 22.6. The lowest BCUT2D eigenvalue weighted by Crippen LogP contribution is -2.48. The van der Waals surface area contributed by atoms with Crippen LogP contribution in [0.1, 0.15) is 42.6 Å². The van der Waals surface area contributed by atoms with E-state index in [1.54, 1.807) is 12.0 Å². The van der Waals surface area contributed by atoms with Gasteiger partial charge in [0.05, 0.1) is 24.2 Å². The molecule has 1 aliphatic rings. The number of nitrogens with one attached hydrogen (secondary N) is 1. The molecular formula is C32H34N4O3. The molecule has 4 aromatic rings. The third kappa shape index (κ3) is 5.25. The van der Waals surface area contributed by atoms with Crippen molar-refractivity contribution in [3.8, 4) is 11.4 Å². The zero-order chi connectivity index (χ0) is 27.4. The van der Waals surface area contributed by atoms with Crippen molar-refractivity contribution in [3.05, 3.63) is 108 Å². The van der Waals surface area contributed by atoms with Crippen LogP contribution < -0.4 is 15.0 Å². The van der Waals surface area contributed by atoms with Crippen LogP contribution in [0.5, 0.6) is 5.75 Å². The van der Waals surface area contributed by atoms with E-state index < -0.39 is 0 Å². The van der Waals surface area contributed by atoms with Crippen LogP contribution in [0.15, 0.2) is 91.1 Å². The van der Waals surface area contributed by atoms with Gasteiger partial charge in [0.15, 0.2) is 0 Å². The Kier molecular flexibility index (Phi) is 7.68. The van der Waals surface area contributed by atoms with E-state index in [0.29, 0.717) is 6.54 Å². The molecule has 1 atom stereocenters. The number of hydrogen-bond donors (Lipinski definition) is 1. The van der Waals surface area contributed by atoms with Crippen LogP contribution in [-0.4, -0.2) is 41.6 Å². The Balaban J connectivity index is 1.51. The minimum Gasteiger partial charge on any atom is -0.497 e. The molecule has 200 valence electrons. The van der Waals surface area contributed by atoms with Crippen LogP contribution in [0, 0.1) is 6.92 Å². The quantitative estimate of drug-likeness (QED) is 0.285. The molecule has 1 unspecified atom stereocenters. The number of nitrogens with zero attached hydrogens (tertiary/aromatic N) is 3. The van der Waals surface area contributed by atoms with Gasteiger partial charge in [-0.1, -0.05) is 55.8 Å². The lowest BCUT2D eigenvalue weighted by molar-refractivity contribution is -0.119. The van der Waals surface area contributed by atoms with Gasteiger partial charge >= 0.3 is 6.03 Å². The summed E-state index contributed by atoms with van der Waals surface area (Å²) in [6, 6.07) is 26.8. The van der Waals surface area contributed by atoms with Gasteiger partial charge in [-0.3, -0.25) is 9.69 Å². The first-order chi connectivity index (χ1) is 19.0. The molecule has 3 aromatic carbocycles. The largest absolute Gasteiger partial charge is 0.497 e. The summed E-state index contributed by atoms with van der Waals surface area (Å²) in [4.78, 5) is 31.2. The monoisotopic (exact) mass is 522 g/mol. The first kappa shape index (κ1) is 26.1. The Morgan fingerprint density at radius 2 is 1.64 bits per heavy atom. The Morgan fingerprint density at radius 1 is 0.923 bits per heavy atom.